The Morgan fingerprint density at radius 2 is 1.25 bits per heavy atom. The highest BCUT2D eigenvalue weighted by Gasteiger charge is 2.48. The fraction of sp³-hybridized carbons (Fsp3) is 0.438. The van der Waals surface area contributed by atoms with E-state index in [9.17, 15) is 9.79 Å². The van der Waals surface area contributed by atoms with E-state index in [2.05, 4.69) is 93.5 Å². The monoisotopic (exact) mass is 504 g/mol. The molecule has 1 aliphatic rings. The van der Waals surface area contributed by atoms with E-state index in [1.165, 1.54) is 50.1 Å². The molecule has 3 nitrogen and oxygen atoms in total. The molecule has 3 aromatic rings. The summed E-state index contributed by atoms with van der Waals surface area (Å²) < 4.78 is 6.39. The summed E-state index contributed by atoms with van der Waals surface area (Å²) in [4.78, 5) is 20.9. The van der Waals surface area contributed by atoms with Gasteiger partial charge in [-0.15, -0.1) is 0 Å². The van der Waals surface area contributed by atoms with Crippen LogP contribution in [-0.4, -0.2) is 9.79 Å². The average molecular weight is 505 g/mol. The topological polar surface area (TPSA) is 49.7 Å². The largest absolute Gasteiger partial charge is 0.328 e. The maximum atomic E-state index is 10.4. The van der Waals surface area contributed by atoms with Gasteiger partial charge in [0.05, 0.1) is 0 Å². The molecule has 0 heterocycles. The normalized spacial score (nSPS) is 17.8. The van der Waals surface area contributed by atoms with E-state index in [-0.39, 0.29) is 10.8 Å². The van der Waals surface area contributed by atoms with Crippen molar-refractivity contribution in [3.05, 3.63) is 92.5 Å². The second-order valence-electron chi connectivity index (χ2n) is 12.5. The summed E-state index contributed by atoms with van der Waals surface area (Å²) in [5.74, 6) is 0. The molecule has 1 atom stereocenters. The van der Waals surface area contributed by atoms with Crippen molar-refractivity contribution < 1.29 is 14.3 Å². The van der Waals surface area contributed by atoms with E-state index < -0.39 is 14.2 Å². The van der Waals surface area contributed by atoms with Crippen LogP contribution in [0.2, 0.25) is 0 Å². The van der Waals surface area contributed by atoms with Crippen LogP contribution in [0, 0.1) is 27.7 Å². The molecule has 0 spiro atoms. The van der Waals surface area contributed by atoms with Crippen LogP contribution >= 0.6 is 8.60 Å². The highest BCUT2D eigenvalue weighted by molar-refractivity contribution is 7.39. The number of fused-ring (bicyclic) bond motifs is 3. The zero-order chi connectivity index (χ0) is 26.8. The van der Waals surface area contributed by atoms with Gasteiger partial charge in [-0.25, -0.2) is 0 Å². The quantitative estimate of drug-likeness (QED) is 0.353. The lowest BCUT2D eigenvalue weighted by atomic mass is 9.62. The number of rotatable bonds is 3. The van der Waals surface area contributed by atoms with Crippen molar-refractivity contribution in [1.29, 1.82) is 0 Å². The van der Waals surface area contributed by atoms with Gasteiger partial charge in [0.1, 0.15) is 5.60 Å². The maximum Gasteiger partial charge on any atom is 0.328 e. The zero-order valence-corrected chi connectivity index (χ0v) is 24.4. The third-order valence-corrected chi connectivity index (χ3v) is 8.45. The summed E-state index contributed by atoms with van der Waals surface area (Å²) in [5.41, 5.74) is 11.9. The van der Waals surface area contributed by atoms with Crippen molar-refractivity contribution in [3.63, 3.8) is 0 Å². The molecule has 1 aliphatic carbocycles. The van der Waals surface area contributed by atoms with Gasteiger partial charge in [0, 0.05) is 12.0 Å². The molecular formula is C32H41O3P. The summed E-state index contributed by atoms with van der Waals surface area (Å²) in [6, 6.07) is 14.7. The minimum absolute atomic E-state index is 0.0871. The highest BCUT2D eigenvalue weighted by Crippen LogP contribution is 2.58. The second-order valence-corrected chi connectivity index (χ2v) is 13.2. The zero-order valence-electron chi connectivity index (χ0n) is 23.5. The van der Waals surface area contributed by atoms with Gasteiger partial charge in [-0.3, -0.25) is 4.52 Å². The first kappa shape index (κ1) is 27.0. The van der Waals surface area contributed by atoms with Crippen molar-refractivity contribution in [2.45, 2.75) is 92.1 Å². The molecule has 0 aromatic heterocycles. The van der Waals surface area contributed by atoms with Crippen molar-refractivity contribution in [2.24, 2.45) is 0 Å². The van der Waals surface area contributed by atoms with Gasteiger partial charge in [-0.2, -0.15) is 0 Å². The fourth-order valence-electron chi connectivity index (χ4n) is 5.96. The van der Waals surface area contributed by atoms with Crippen LogP contribution < -0.4 is 0 Å². The summed E-state index contributed by atoms with van der Waals surface area (Å²) >= 11 is 0. The molecule has 0 radical (unpaired) electrons. The van der Waals surface area contributed by atoms with Crippen LogP contribution in [0.15, 0.2) is 42.5 Å². The molecule has 0 unspecified atom stereocenters. The molecule has 0 amide bonds. The first-order valence-electron chi connectivity index (χ1n) is 12.8. The van der Waals surface area contributed by atoms with E-state index in [0.717, 1.165) is 11.1 Å². The number of hydrogen-bond acceptors (Lipinski definition) is 3. The lowest BCUT2D eigenvalue weighted by molar-refractivity contribution is 0.0878. The molecule has 0 fully saturated rings. The first-order chi connectivity index (χ1) is 16.6. The predicted molar refractivity (Wildman–Crippen MR) is 152 cm³/mol. The van der Waals surface area contributed by atoms with Gasteiger partial charge in [-0.1, -0.05) is 84.0 Å². The predicted octanol–water partition coefficient (Wildman–Crippen LogP) is 8.21. The average Bonchev–Trinajstić information content (AvgIpc) is 2.76. The van der Waals surface area contributed by atoms with Crippen molar-refractivity contribution >= 4 is 8.60 Å². The molecule has 36 heavy (non-hydrogen) atoms. The van der Waals surface area contributed by atoms with Crippen LogP contribution in [-0.2, 0) is 27.4 Å². The minimum Gasteiger partial charge on any atom is -0.328 e. The summed E-state index contributed by atoms with van der Waals surface area (Å²) in [6.07, 6.45) is 0.540. The minimum atomic E-state index is -2.63. The van der Waals surface area contributed by atoms with Gasteiger partial charge < -0.3 is 9.79 Å². The van der Waals surface area contributed by atoms with Crippen LogP contribution in [0.1, 0.15) is 91.6 Å². The maximum absolute atomic E-state index is 10.4. The van der Waals surface area contributed by atoms with Crippen LogP contribution in [0.5, 0.6) is 0 Å². The Labute approximate surface area is 218 Å². The lowest BCUT2D eigenvalue weighted by Crippen LogP contribution is -2.40. The fourth-order valence-corrected chi connectivity index (χ4v) is 6.50. The van der Waals surface area contributed by atoms with Crippen molar-refractivity contribution in [1.82, 2.24) is 0 Å². The Morgan fingerprint density at radius 3 is 1.75 bits per heavy atom. The summed E-state index contributed by atoms with van der Waals surface area (Å²) in [5, 5.41) is 0. The number of aryl methyl sites for hydroxylation is 2. The van der Waals surface area contributed by atoms with Crippen molar-refractivity contribution in [3.8, 4) is 11.1 Å². The Balaban J connectivity index is 2.32. The lowest BCUT2D eigenvalue weighted by Gasteiger charge is -2.46. The molecule has 4 rings (SSSR count). The first-order valence-corrected chi connectivity index (χ1v) is 14.0. The van der Waals surface area contributed by atoms with E-state index in [0.29, 0.717) is 6.42 Å². The van der Waals surface area contributed by atoms with Gasteiger partial charge in [0.2, 0.25) is 0 Å². The molecule has 0 saturated carbocycles. The number of benzene rings is 3. The van der Waals surface area contributed by atoms with Gasteiger partial charge >= 0.3 is 8.60 Å². The molecule has 0 aliphatic heterocycles. The molecule has 0 saturated heterocycles. The molecule has 2 N–H and O–H groups in total. The van der Waals surface area contributed by atoms with E-state index >= 15 is 0 Å². The van der Waals surface area contributed by atoms with E-state index in [1.54, 1.807) is 0 Å². The molecule has 3 aromatic carbocycles. The molecule has 0 bridgehead atoms. The van der Waals surface area contributed by atoms with Crippen LogP contribution in [0.4, 0.5) is 0 Å². The van der Waals surface area contributed by atoms with E-state index in [4.69, 9.17) is 4.52 Å². The summed E-state index contributed by atoms with van der Waals surface area (Å²) in [7, 11) is -2.63. The highest BCUT2D eigenvalue weighted by atomic mass is 31.2. The van der Waals surface area contributed by atoms with E-state index in [1.807, 2.05) is 18.2 Å². The Morgan fingerprint density at radius 1 is 0.750 bits per heavy atom. The van der Waals surface area contributed by atoms with Gasteiger partial charge in [0.15, 0.2) is 0 Å². The standard InChI is InChI=1S/C32H41O3P/c1-19-16-25(30(5,6)7)24-18-32(35-36(33)34,23-14-12-11-13-15-23)29-26(31(8,9)10)17-20(2)22(4)28(29)27(24)21(19)3/h11-17,33-34H,18H2,1-10H3/t32-/m0/s1. The Kier molecular flexibility index (Phi) is 6.80. The molecular weight excluding hydrogens is 463 g/mol. The van der Waals surface area contributed by atoms with Gasteiger partial charge in [0.25, 0.3) is 0 Å². The SMILES string of the molecule is Cc1cc(C(C)(C)C)c2c(c1C)-c1c(C)c(C)cc(C(C)(C)C)c1[C@@](OP(O)O)(c1ccccc1)C2. The summed E-state index contributed by atoms with van der Waals surface area (Å²) in [6.45, 7) is 22.3. The van der Waals surface area contributed by atoms with Crippen molar-refractivity contribution in [2.75, 3.05) is 0 Å². The second kappa shape index (κ2) is 9.07. The van der Waals surface area contributed by atoms with Gasteiger partial charge in [-0.05, 0) is 94.2 Å². The molecule has 192 valence electrons. The Bertz CT molecular complexity index is 1310. The van der Waals surface area contributed by atoms with Crippen LogP contribution in [0.3, 0.4) is 0 Å². The number of hydrogen-bond donors (Lipinski definition) is 2. The smallest absolute Gasteiger partial charge is 0.328 e. The molecule has 4 heteroatoms. The van der Waals surface area contributed by atoms with Crippen LogP contribution in [0.25, 0.3) is 11.1 Å². The third kappa shape index (κ3) is 4.35. The third-order valence-electron chi connectivity index (χ3n) is 7.97. The Hall–Kier alpha value is -2.03.